The predicted octanol–water partition coefficient (Wildman–Crippen LogP) is 4.45. The molecular weight excluding hydrogens is 479 g/mol. The normalized spacial score (nSPS) is 16.7. The number of hydrogen-bond acceptors (Lipinski definition) is 5. The van der Waals surface area contributed by atoms with Crippen LogP contribution in [-0.2, 0) is 4.79 Å². The highest BCUT2D eigenvalue weighted by Crippen LogP contribution is 2.40. The number of aliphatic carboxylic acids is 1. The summed E-state index contributed by atoms with van der Waals surface area (Å²) in [5.74, 6) is -1.96. The Morgan fingerprint density at radius 1 is 1.14 bits per heavy atom. The van der Waals surface area contributed by atoms with Crippen molar-refractivity contribution in [2.24, 2.45) is 0 Å². The van der Waals surface area contributed by atoms with E-state index >= 15 is 0 Å². The van der Waals surface area contributed by atoms with Gasteiger partial charge in [0, 0.05) is 25.9 Å². The Morgan fingerprint density at radius 2 is 1.78 bits per heavy atom. The summed E-state index contributed by atoms with van der Waals surface area (Å²) in [4.78, 5) is 44.0. The number of carbonyl (C=O) groups excluding carboxylic acids is 2. The molecule has 190 valence electrons. The maximum Gasteiger partial charge on any atom is 0.490 e. The molecule has 2 aliphatic rings. The minimum atomic E-state index is -5.08. The number of carboxylic acid groups (broad SMARTS) is 1. The Hall–Kier alpha value is -3.89. The second-order valence-electron chi connectivity index (χ2n) is 9.02. The Morgan fingerprint density at radius 3 is 2.42 bits per heavy atom. The number of alkyl halides is 3. The molecule has 3 aromatic rings. The number of halogens is 3. The molecule has 36 heavy (non-hydrogen) atoms. The highest BCUT2D eigenvalue weighted by molar-refractivity contribution is 6.05. The number of carboxylic acids is 1. The van der Waals surface area contributed by atoms with Crippen molar-refractivity contribution in [2.75, 3.05) is 13.1 Å². The van der Waals surface area contributed by atoms with Crippen LogP contribution in [0.25, 0.3) is 11.0 Å². The van der Waals surface area contributed by atoms with E-state index in [1.54, 1.807) is 6.33 Å². The number of likely N-dealkylation sites (tertiary alicyclic amines) is 1. The maximum absolute atomic E-state index is 13.1. The third-order valence-corrected chi connectivity index (χ3v) is 6.59. The van der Waals surface area contributed by atoms with Crippen molar-refractivity contribution >= 4 is 28.7 Å². The molecule has 1 amide bonds. The molecule has 0 aliphatic carbocycles. The van der Waals surface area contributed by atoms with E-state index in [1.165, 1.54) is 0 Å². The van der Waals surface area contributed by atoms with Crippen molar-refractivity contribution in [3.8, 4) is 5.75 Å². The third-order valence-electron chi connectivity index (χ3n) is 6.59. The van der Waals surface area contributed by atoms with Crippen molar-refractivity contribution < 1.29 is 37.4 Å². The number of rotatable bonds is 1. The van der Waals surface area contributed by atoms with Gasteiger partial charge in [-0.05, 0) is 49.2 Å². The number of ether oxygens (including phenoxy) is 1. The Labute approximate surface area is 204 Å². The fourth-order valence-electron chi connectivity index (χ4n) is 4.45. The Bertz CT molecular complexity index is 1340. The number of imidazole rings is 1. The van der Waals surface area contributed by atoms with E-state index in [-0.39, 0.29) is 11.7 Å². The van der Waals surface area contributed by atoms with Gasteiger partial charge in [0.25, 0.3) is 5.91 Å². The number of hydrogen-bond donors (Lipinski definition) is 2. The van der Waals surface area contributed by atoms with Crippen LogP contribution in [0.5, 0.6) is 5.75 Å². The average molecular weight is 503 g/mol. The third kappa shape index (κ3) is 4.91. The molecule has 0 atom stereocenters. The molecule has 1 spiro atoms. The van der Waals surface area contributed by atoms with E-state index in [9.17, 15) is 22.8 Å². The number of aryl methyl sites for hydroxylation is 2. The van der Waals surface area contributed by atoms with Crippen LogP contribution in [0.4, 0.5) is 13.2 Å². The summed E-state index contributed by atoms with van der Waals surface area (Å²) in [5.41, 5.74) is 4.55. The van der Waals surface area contributed by atoms with E-state index in [0.717, 1.165) is 16.6 Å². The fraction of sp³-hybridized carbons (Fsp3) is 0.360. The van der Waals surface area contributed by atoms with Crippen LogP contribution in [0.2, 0.25) is 0 Å². The first kappa shape index (κ1) is 25.2. The number of aromatic nitrogens is 2. The van der Waals surface area contributed by atoms with Gasteiger partial charge in [-0.15, -0.1) is 0 Å². The lowest BCUT2D eigenvalue weighted by Crippen LogP contribution is -2.52. The SMILES string of the molecule is Cc1cc2c(cc1C)C(=O)CC1(CCN(C(=O)c3cccc4[nH]cnc34)CC1)O2.O=C(O)C(F)(F)F. The Balaban J connectivity index is 0.000000384. The number of ketones is 1. The quantitative estimate of drug-likeness (QED) is 0.507. The minimum Gasteiger partial charge on any atom is -0.486 e. The van der Waals surface area contributed by atoms with Crippen LogP contribution in [0.3, 0.4) is 0 Å². The minimum absolute atomic E-state index is 0.0217. The van der Waals surface area contributed by atoms with Crippen LogP contribution in [0, 0.1) is 13.8 Å². The highest BCUT2D eigenvalue weighted by Gasteiger charge is 2.44. The summed E-state index contributed by atoms with van der Waals surface area (Å²) in [6.45, 7) is 5.17. The number of H-pyrrole nitrogens is 1. The number of para-hydroxylation sites is 1. The number of fused-ring (bicyclic) bond motifs is 2. The zero-order valence-corrected chi connectivity index (χ0v) is 19.6. The molecule has 1 saturated heterocycles. The zero-order chi connectivity index (χ0) is 26.3. The summed E-state index contributed by atoms with van der Waals surface area (Å²) < 4.78 is 38.1. The van der Waals surface area contributed by atoms with E-state index in [1.807, 2.05) is 49.1 Å². The van der Waals surface area contributed by atoms with Gasteiger partial charge in [0.1, 0.15) is 16.9 Å². The molecule has 5 rings (SSSR count). The Kier molecular flexibility index (Phi) is 6.50. The number of piperidine rings is 1. The van der Waals surface area contributed by atoms with Gasteiger partial charge in [-0.2, -0.15) is 13.2 Å². The molecular formula is C25H24F3N3O5. The van der Waals surface area contributed by atoms with Crippen molar-refractivity contribution in [2.45, 2.75) is 44.9 Å². The lowest BCUT2D eigenvalue weighted by molar-refractivity contribution is -0.192. The first-order valence-electron chi connectivity index (χ1n) is 11.3. The first-order valence-corrected chi connectivity index (χ1v) is 11.3. The van der Waals surface area contributed by atoms with Crippen molar-refractivity contribution in [3.05, 3.63) is 58.9 Å². The van der Waals surface area contributed by atoms with Gasteiger partial charge in [-0.25, -0.2) is 9.78 Å². The number of Topliss-reactive ketones (excluding diaryl/α,β-unsaturated/α-hetero) is 1. The monoisotopic (exact) mass is 503 g/mol. The summed E-state index contributed by atoms with van der Waals surface area (Å²) in [5, 5.41) is 7.12. The second-order valence-corrected chi connectivity index (χ2v) is 9.02. The van der Waals surface area contributed by atoms with Gasteiger partial charge in [0.05, 0.1) is 29.4 Å². The van der Waals surface area contributed by atoms with Gasteiger partial charge >= 0.3 is 12.1 Å². The topological polar surface area (TPSA) is 113 Å². The molecule has 8 nitrogen and oxygen atoms in total. The molecule has 2 N–H and O–H groups in total. The predicted molar refractivity (Wildman–Crippen MR) is 123 cm³/mol. The van der Waals surface area contributed by atoms with E-state index in [2.05, 4.69) is 9.97 Å². The zero-order valence-electron chi connectivity index (χ0n) is 19.6. The van der Waals surface area contributed by atoms with Gasteiger partial charge in [-0.3, -0.25) is 9.59 Å². The molecule has 11 heteroatoms. The lowest BCUT2D eigenvalue weighted by atomic mass is 9.81. The lowest BCUT2D eigenvalue weighted by Gasteiger charge is -2.44. The van der Waals surface area contributed by atoms with Crippen LogP contribution in [-0.4, -0.2) is 62.5 Å². The summed E-state index contributed by atoms with van der Waals surface area (Å²) in [6, 6.07) is 9.50. The standard InChI is InChI=1S/C23H23N3O3.C2HF3O2/c1-14-10-17-19(27)12-23(29-20(17)11-15(14)2)6-8-26(9-7-23)22(28)16-4-3-5-18-21(16)25-13-24-18;3-2(4,5)1(6)7/h3-5,10-11,13H,6-9,12H2,1-2H3,(H,24,25);(H,6,7). The van der Waals surface area contributed by atoms with Gasteiger partial charge in [-0.1, -0.05) is 6.07 Å². The summed E-state index contributed by atoms with van der Waals surface area (Å²) in [7, 11) is 0. The van der Waals surface area contributed by atoms with Crippen LogP contribution >= 0.6 is 0 Å². The first-order chi connectivity index (χ1) is 16.9. The number of nitrogens with zero attached hydrogens (tertiary/aromatic N) is 2. The summed E-state index contributed by atoms with van der Waals surface area (Å²) >= 11 is 0. The molecule has 2 aromatic carbocycles. The number of amides is 1. The summed E-state index contributed by atoms with van der Waals surface area (Å²) in [6.07, 6.45) is -1.81. The van der Waals surface area contributed by atoms with Crippen molar-refractivity contribution in [1.82, 2.24) is 14.9 Å². The fourth-order valence-corrected chi connectivity index (χ4v) is 4.45. The van der Waals surface area contributed by atoms with E-state index in [4.69, 9.17) is 14.6 Å². The van der Waals surface area contributed by atoms with Gasteiger partial charge < -0.3 is 19.7 Å². The molecule has 0 bridgehead atoms. The average Bonchev–Trinajstić information content (AvgIpc) is 3.29. The smallest absolute Gasteiger partial charge is 0.486 e. The highest BCUT2D eigenvalue weighted by atomic mass is 19.4. The molecule has 1 fully saturated rings. The van der Waals surface area contributed by atoms with Gasteiger partial charge in [0.15, 0.2) is 5.78 Å². The van der Waals surface area contributed by atoms with Crippen molar-refractivity contribution in [1.29, 1.82) is 0 Å². The van der Waals surface area contributed by atoms with Gasteiger partial charge in [0.2, 0.25) is 0 Å². The number of nitrogens with one attached hydrogen (secondary N) is 1. The van der Waals surface area contributed by atoms with E-state index in [0.29, 0.717) is 54.7 Å². The number of benzene rings is 2. The van der Waals surface area contributed by atoms with Crippen LogP contribution in [0.1, 0.15) is 51.1 Å². The molecule has 0 unspecified atom stereocenters. The largest absolute Gasteiger partial charge is 0.490 e. The molecule has 0 radical (unpaired) electrons. The van der Waals surface area contributed by atoms with Crippen LogP contribution in [0.15, 0.2) is 36.7 Å². The molecule has 3 heterocycles. The van der Waals surface area contributed by atoms with Crippen LogP contribution < -0.4 is 4.74 Å². The molecule has 2 aliphatic heterocycles. The number of aromatic amines is 1. The number of carbonyl (C=O) groups is 3. The van der Waals surface area contributed by atoms with Crippen molar-refractivity contribution in [3.63, 3.8) is 0 Å². The maximum atomic E-state index is 13.1. The molecule has 1 aromatic heterocycles. The second kappa shape index (κ2) is 9.29. The molecule has 0 saturated carbocycles. The van der Waals surface area contributed by atoms with E-state index < -0.39 is 17.7 Å².